The summed E-state index contributed by atoms with van der Waals surface area (Å²) >= 11 is 1.55. The molecule has 1 aromatic carbocycles. The lowest BCUT2D eigenvalue weighted by atomic mass is 10.1. The third kappa shape index (κ3) is 3.11. The zero-order valence-electron chi connectivity index (χ0n) is 10.1. The molecule has 0 saturated carbocycles. The zero-order valence-corrected chi connectivity index (χ0v) is 10.9. The minimum absolute atomic E-state index is 0.685. The number of aryl methyl sites for hydroxylation is 2. The highest BCUT2D eigenvalue weighted by Gasteiger charge is 2.06. The van der Waals surface area contributed by atoms with Gasteiger partial charge in [0.25, 0.3) is 5.22 Å². The van der Waals surface area contributed by atoms with Crippen molar-refractivity contribution in [2.75, 3.05) is 6.54 Å². The molecule has 0 bridgehead atoms. The van der Waals surface area contributed by atoms with Crippen molar-refractivity contribution in [1.29, 1.82) is 0 Å². The molecule has 0 spiro atoms. The molecular weight excluding hydrogens is 232 g/mol. The zero-order chi connectivity index (χ0) is 12.3. The van der Waals surface area contributed by atoms with Crippen LogP contribution in [0.1, 0.15) is 16.8 Å². The van der Waals surface area contributed by atoms with Crippen LogP contribution in [0.2, 0.25) is 0 Å². The number of nitrogens with zero attached hydrogens (tertiary/aromatic N) is 1. The minimum Gasteiger partial charge on any atom is -0.439 e. The van der Waals surface area contributed by atoms with Crippen molar-refractivity contribution in [3.63, 3.8) is 0 Å². The predicted molar refractivity (Wildman–Crippen MR) is 69.3 cm³/mol. The number of benzene rings is 1. The Hall–Kier alpha value is -1.26. The normalized spacial score (nSPS) is 10.8. The summed E-state index contributed by atoms with van der Waals surface area (Å²) in [7, 11) is 0. The van der Waals surface area contributed by atoms with Gasteiger partial charge in [0.15, 0.2) is 0 Å². The van der Waals surface area contributed by atoms with Crippen molar-refractivity contribution in [1.82, 2.24) is 4.98 Å². The van der Waals surface area contributed by atoms with Gasteiger partial charge in [0.05, 0.1) is 5.69 Å². The van der Waals surface area contributed by atoms with Gasteiger partial charge in [-0.1, -0.05) is 12.1 Å². The second-order valence-corrected chi connectivity index (χ2v) is 4.99. The van der Waals surface area contributed by atoms with E-state index in [1.807, 2.05) is 6.92 Å². The third-order valence-corrected chi connectivity index (χ3v) is 3.51. The van der Waals surface area contributed by atoms with E-state index in [-0.39, 0.29) is 0 Å². The average molecular weight is 248 g/mol. The standard InChI is InChI=1S/C13H16N2OS/c1-9-7-11(5-6-14)3-4-12(9)17-13-15-10(2)8-16-13/h3-4,7-8H,5-6,14H2,1-2H3. The van der Waals surface area contributed by atoms with E-state index >= 15 is 0 Å². The van der Waals surface area contributed by atoms with Crippen LogP contribution in [0.5, 0.6) is 0 Å². The lowest BCUT2D eigenvalue weighted by molar-refractivity contribution is 0.454. The van der Waals surface area contributed by atoms with Crippen molar-refractivity contribution in [3.8, 4) is 0 Å². The maximum Gasteiger partial charge on any atom is 0.260 e. The molecule has 1 aromatic heterocycles. The van der Waals surface area contributed by atoms with Gasteiger partial charge in [0, 0.05) is 4.90 Å². The van der Waals surface area contributed by atoms with E-state index in [2.05, 4.69) is 30.1 Å². The van der Waals surface area contributed by atoms with Gasteiger partial charge in [-0.3, -0.25) is 0 Å². The molecule has 0 aliphatic carbocycles. The average Bonchev–Trinajstić information content (AvgIpc) is 2.69. The molecule has 0 aliphatic rings. The fourth-order valence-corrected chi connectivity index (χ4v) is 2.45. The quantitative estimate of drug-likeness (QED) is 0.903. The largest absolute Gasteiger partial charge is 0.439 e. The molecule has 0 fully saturated rings. The summed E-state index contributed by atoms with van der Waals surface area (Å²) in [5.41, 5.74) is 8.96. The van der Waals surface area contributed by atoms with Gasteiger partial charge in [-0.05, 0) is 55.8 Å². The second kappa shape index (κ2) is 5.38. The summed E-state index contributed by atoms with van der Waals surface area (Å²) in [6.07, 6.45) is 2.59. The van der Waals surface area contributed by atoms with Gasteiger partial charge in [0.2, 0.25) is 0 Å². The highest BCUT2D eigenvalue weighted by atomic mass is 32.2. The van der Waals surface area contributed by atoms with E-state index in [0.29, 0.717) is 11.8 Å². The smallest absolute Gasteiger partial charge is 0.260 e. The molecule has 3 nitrogen and oxygen atoms in total. The van der Waals surface area contributed by atoms with Crippen molar-refractivity contribution in [3.05, 3.63) is 41.3 Å². The molecule has 2 N–H and O–H groups in total. The van der Waals surface area contributed by atoms with E-state index in [1.165, 1.54) is 16.0 Å². The van der Waals surface area contributed by atoms with Crippen molar-refractivity contribution < 1.29 is 4.42 Å². The van der Waals surface area contributed by atoms with E-state index in [4.69, 9.17) is 10.2 Å². The molecule has 0 amide bonds. The Labute approximate surface area is 105 Å². The number of oxazole rings is 1. The van der Waals surface area contributed by atoms with Gasteiger partial charge in [0.1, 0.15) is 6.26 Å². The highest BCUT2D eigenvalue weighted by molar-refractivity contribution is 7.99. The molecule has 0 atom stereocenters. The fraction of sp³-hybridized carbons (Fsp3) is 0.308. The molecule has 0 saturated heterocycles. The van der Waals surface area contributed by atoms with E-state index in [9.17, 15) is 0 Å². The summed E-state index contributed by atoms with van der Waals surface area (Å²) in [6.45, 7) is 4.70. The third-order valence-electron chi connectivity index (χ3n) is 2.47. The Morgan fingerprint density at radius 1 is 1.35 bits per heavy atom. The molecule has 2 aromatic rings. The van der Waals surface area contributed by atoms with Crippen LogP contribution in [0.25, 0.3) is 0 Å². The summed E-state index contributed by atoms with van der Waals surface area (Å²) in [5, 5.41) is 0.692. The summed E-state index contributed by atoms with van der Waals surface area (Å²) < 4.78 is 5.33. The first kappa shape index (κ1) is 12.2. The second-order valence-electron chi connectivity index (χ2n) is 4.00. The summed E-state index contributed by atoms with van der Waals surface area (Å²) in [6, 6.07) is 6.38. The van der Waals surface area contributed by atoms with Crippen molar-refractivity contribution in [2.45, 2.75) is 30.4 Å². The van der Waals surface area contributed by atoms with E-state index < -0.39 is 0 Å². The fourth-order valence-electron chi connectivity index (χ4n) is 1.62. The first-order chi connectivity index (χ1) is 8.19. The van der Waals surface area contributed by atoms with Crippen LogP contribution in [0.3, 0.4) is 0 Å². The first-order valence-corrected chi connectivity index (χ1v) is 6.40. The van der Waals surface area contributed by atoms with Crippen LogP contribution in [0.4, 0.5) is 0 Å². The first-order valence-electron chi connectivity index (χ1n) is 5.58. The Balaban J connectivity index is 2.16. The number of aromatic nitrogens is 1. The van der Waals surface area contributed by atoms with E-state index in [0.717, 1.165) is 12.1 Å². The molecule has 0 radical (unpaired) electrons. The lowest BCUT2D eigenvalue weighted by Crippen LogP contribution is -2.02. The molecule has 0 unspecified atom stereocenters. The van der Waals surface area contributed by atoms with Crippen LogP contribution >= 0.6 is 11.8 Å². The van der Waals surface area contributed by atoms with Gasteiger partial charge in [-0.15, -0.1) is 0 Å². The molecule has 0 aliphatic heterocycles. The van der Waals surface area contributed by atoms with Gasteiger partial charge >= 0.3 is 0 Å². The maximum atomic E-state index is 5.54. The number of nitrogens with two attached hydrogens (primary N) is 1. The Bertz CT molecular complexity index is 508. The molecule has 2 rings (SSSR count). The molecule has 90 valence electrons. The van der Waals surface area contributed by atoms with Crippen LogP contribution in [-0.4, -0.2) is 11.5 Å². The van der Waals surface area contributed by atoms with Crippen LogP contribution in [0, 0.1) is 13.8 Å². The molecule has 4 heteroatoms. The molecule has 1 heterocycles. The van der Waals surface area contributed by atoms with Gasteiger partial charge in [-0.25, -0.2) is 4.98 Å². The highest BCUT2D eigenvalue weighted by Crippen LogP contribution is 2.30. The van der Waals surface area contributed by atoms with Gasteiger partial charge < -0.3 is 10.2 Å². The van der Waals surface area contributed by atoms with Gasteiger partial charge in [-0.2, -0.15) is 0 Å². The number of rotatable bonds is 4. The monoisotopic (exact) mass is 248 g/mol. The Morgan fingerprint density at radius 2 is 2.18 bits per heavy atom. The van der Waals surface area contributed by atoms with E-state index in [1.54, 1.807) is 18.0 Å². The van der Waals surface area contributed by atoms with Crippen LogP contribution < -0.4 is 5.73 Å². The van der Waals surface area contributed by atoms with Crippen molar-refractivity contribution >= 4 is 11.8 Å². The van der Waals surface area contributed by atoms with Crippen molar-refractivity contribution in [2.24, 2.45) is 5.73 Å². The summed E-state index contributed by atoms with van der Waals surface area (Å²) in [5.74, 6) is 0. The number of hydrogen-bond donors (Lipinski definition) is 1. The van der Waals surface area contributed by atoms with Crippen LogP contribution in [0.15, 0.2) is 39.0 Å². The maximum absolute atomic E-state index is 5.54. The lowest BCUT2D eigenvalue weighted by Gasteiger charge is -2.05. The minimum atomic E-state index is 0.685. The molecular formula is C13H16N2OS. The summed E-state index contributed by atoms with van der Waals surface area (Å²) in [4.78, 5) is 5.46. The molecule has 17 heavy (non-hydrogen) atoms. The van der Waals surface area contributed by atoms with Crippen LogP contribution in [-0.2, 0) is 6.42 Å². The Morgan fingerprint density at radius 3 is 2.76 bits per heavy atom. The number of hydrogen-bond acceptors (Lipinski definition) is 4. The topological polar surface area (TPSA) is 52.0 Å². The predicted octanol–water partition coefficient (Wildman–Crippen LogP) is 2.94. The SMILES string of the molecule is Cc1coc(Sc2ccc(CCN)cc2C)n1. The Kier molecular flexibility index (Phi) is 3.86.